The third-order valence-corrected chi connectivity index (χ3v) is 4.83. The third-order valence-electron chi connectivity index (χ3n) is 4.83. The van der Waals surface area contributed by atoms with E-state index in [0.717, 1.165) is 23.8 Å². The maximum atomic E-state index is 13.2. The number of morpholine rings is 1. The van der Waals surface area contributed by atoms with Gasteiger partial charge in [0, 0.05) is 31.3 Å². The molecule has 1 saturated heterocycles. The number of amides is 3. The van der Waals surface area contributed by atoms with Gasteiger partial charge in [-0.05, 0) is 24.1 Å². The number of nitrogens with one attached hydrogen (secondary N) is 2. The molecule has 3 amide bonds. The Morgan fingerprint density at radius 1 is 1.03 bits per heavy atom. The first kappa shape index (κ1) is 22.4. The Hall–Kier alpha value is -3.33. The number of anilines is 1. The van der Waals surface area contributed by atoms with Crippen LogP contribution in [-0.4, -0.2) is 48.9 Å². The molecule has 3 rings (SSSR count). The molecule has 2 aromatic rings. The van der Waals surface area contributed by atoms with E-state index in [4.69, 9.17) is 4.74 Å². The fourth-order valence-corrected chi connectivity index (χ4v) is 3.19. The van der Waals surface area contributed by atoms with Crippen LogP contribution in [0.2, 0.25) is 0 Å². The van der Waals surface area contributed by atoms with Crippen molar-refractivity contribution < 1.29 is 27.9 Å². The van der Waals surface area contributed by atoms with Crippen LogP contribution in [0.1, 0.15) is 24.5 Å². The molecule has 1 aliphatic rings. The van der Waals surface area contributed by atoms with Crippen LogP contribution < -0.4 is 10.6 Å². The summed E-state index contributed by atoms with van der Waals surface area (Å²) < 4.78 is 31.8. The van der Waals surface area contributed by atoms with Gasteiger partial charge in [-0.3, -0.25) is 14.4 Å². The van der Waals surface area contributed by atoms with Crippen LogP contribution in [0.25, 0.3) is 0 Å². The lowest BCUT2D eigenvalue weighted by molar-refractivity contribution is -0.139. The van der Waals surface area contributed by atoms with Crippen molar-refractivity contribution >= 4 is 23.4 Å². The molecule has 1 unspecified atom stereocenters. The summed E-state index contributed by atoms with van der Waals surface area (Å²) in [5, 5.41) is 4.59. The summed E-state index contributed by atoms with van der Waals surface area (Å²) in [7, 11) is 0. The normalized spacial score (nSPS) is 15.9. The molecule has 2 aromatic carbocycles. The van der Waals surface area contributed by atoms with Crippen LogP contribution >= 0.6 is 0 Å². The molecular formula is C22H23F2N3O4. The average molecular weight is 431 g/mol. The Morgan fingerprint density at radius 2 is 1.81 bits per heavy atom. The summed E-state index contributed by atoms with van der Waals surface area (Å²) in [4.78, 5) is 37.9. The minimum absolute atomic E-state index is 0.0329. The van der Waals surface area contributed by atoms with Gasteiger partial charge in [0.15, 0.2) is 11.6 Å². The molecule has 31 heavy (non-hydrogen) atoms. The van der Waals surface area contributed by atoms with Gasteiger partial charge in [-0.1, -0.05) is 30.3 Å². The first-order valence-electron chi connectivity index (χ1n) is 9.92. The van der Waals surface area contributed by atoms with Gasteiger partial charge in [-0.2, -0.15) is 0 Å². The first-order valence-corrected chi connectivity index (χ1v) is 9.92. The van der Waals surface area contributed by atoms with Gasteiger partial charge in [0.1, 0.15) is 6.10 Å². The highest BCUT2D eigenvalue weighted by molar-refractivity contribution is 6.39. The van der Waals surface area contributed by atoms with Crippen LogP contribution in [0.15, 0.2) is 48.5 Å². The summed E-state index contributed by atoms with van der Waals surface area (Å²) in [6.07, 6.45) is 0.404. The molecule has 0 saturated carbocycles. The van der Waals surface area contributed by atoms with E-state index in [0.29, 0.717) is 26.1 Å². The Balaban J connectivity index is 1.38. The molecule has 0 radical (unpaired) electrons. The fourth-order valence-electron chi connectivity index (χ4n) is 3.19. The largest absolute Gasteiger partial charge is 0.370 e. The third kappa shape index (κ3) is 6.32. The molecule has 1 fully saturated rings. The highest BCUT2D eigenvalue weighted by Gasteiger charge is 2.25. The Morgan fingerprint density at radius 3 is 2.55 bits per heavy atom. The van der Waals surface area contributed by atoms with Crippen molar-refractivity contribution in [2.75, 3.05) is 31.6 Å². The van der Waals surface area contributed by atoms with Crippen LogP contribution in [0.3, 0.4) is 0 Å². The molecule has 1 heterocycles. The molecule has 1 aliphatic heterocycles. The SMILES string of the molecule is O=C(NCCCC(=O)N1CCOC(c2ccccc2)C1)C(=O)Nc1ccc(F)c(F)c1. The standard InChI is InChI=1S/C22H23F2N3O4/c23-17-9-8-16(13-18(17)24)26-22(30)21(29)25-10-4-7-20(28)27-11-12-31-19(14-27)15-5-2-1-3-6-15/h1-3,5-6,8-9,13,19H,4,7,10-12,14H2,(H,25,29)(H,26,30). The Labute approximate surface area is 178 Å². The number of hydrogen-bond donors (Lipinski definition) is 2. The lowest BCUT2D eigenvalue weighted by Crippen LogP contribution is -2.42. The highest BCUT2D eigenvalue weighted by atomic mass is 19.2. The Kier molecular flexibility index (Phi) is 7.66. The average Bonchev–Trinajstić information content (AvgIpc) is 2.79. The first-order chi connectivity index (χ1) is 14.9. The summed E-state index contributed by atoms with van der Waals surface area (Å²) in [6, 6.07) is 12.5. The minimum atomic E-state index is -1.13. The van der Waals surface area contributed by atoms with Crippen molar-refractivity contribution in [1.29, 1.82) is 0 Å². The zero-order chi connectivity index (χ0) is 22.2. The highest BCUT2D eigenvalue weighted by Crippen LogP contribution is 2.22. The number of ether oxygens (including phenoxy) is 1. The van der Waals surface area contributed by atoms with E-state index in [2.05, 4.69) is 10.6 Å². The van der Waals surface area contributed by atoms with Crippen molar-refractivity contribution in [2.24, 2.45) is 0 Å². The monoisotopic (exact) mass is 431 g/mol. The number of nitrogens with zero attached hydrogens (tertiary/aromatic N) is 1. The maximum Gasteiger partial charge on any atom is 0.313 e. The number of halogens is 2. The lowest BCUT2D eigenvalue weighted by atomic mass is 10.1. The van der Waals surface area contributed by atoms with E-state index in [9.17, 15) is 23.2 Å². The van der Waals surface area contributed by atoms with Crippen LogP contribution in [0, 0.1) is 11.6 Å². The minimum Gasteiger partial charge on any atom is -0.370 e. The number of benzene rings is 2. The van der Waals surface area contributed by atoms with Crippen LogP contribution in [0.5, 0.6) is 0 Å². The van der Waals surface area contributed by atoms with Gasteiger partial charge in [-0.15, -0.1) is 0 Å². The predicted octanol–water partition coefficient (Wildman–Crippen LogP) is 2.40. The van der Waals surface area contributed by atoms with Crippen LogP contribution in [-0.2, 0) is 19.1 Å². The van der Waals surface area contributed by atoms with Gasteiger partial charge in [0.2, 0.25) is 5.91 Å². The second-order valence-corrected chi connectivity index (χ2v) is 7.05. The van der Waals surface area contributed by atoms with Gasteiger partial charge >= 0.3 is 11.8 Å². The molecule has 1 atom stereocenters. The van der Waals surface area contributed by atoms with Gasteiger partial charge in [-0.25, -0.2) is 8.78 Å². The van der Waals surface area contributed by atoms with Crippen molar-refractivity contribution in [1.82, 2.24) is 10.2 Å². The summed E-state index contributed by atoms with van der Waals surface area (Å²) in [6.45, 7) is 1.55. The lowest BCUT2D eigenvalue weighted by Gasteiger charge is -2.33. The second-order valence-electron chi connectivity index (χ2n) is 7.05. The molecule has 2 N–H and O–H groups in total. The van der Waals surface area contributed by atoms with E-state index in [1.807, 2.05) is 30.3 Å². The van der Waals surface area contributed by atoms with E-state index in [1.165, 1.54) is 0 Å². The van der Waals surface area contributed by atoms with Crippen molar-refractivity contribution in [3.63, 3.8) is 0 Å². The molecule has 7 nitrogen and oxygen atoms in total. The summed E-state index contributed by atoms with van der Waals surface area (Å²) >= 11 is 0. The number of carbonyl (C=O) groups excluding carboxylic acids is 3. The molecule has 0 aliphatic carbocycles. The van der Waals surface area contributed by atoms with Crippen molar-refractivity contribution in [3.05, 3.63) is 65.7 Å². The molecular weight excluding hydrogens is 408 g/mol. The topological polar surface area (TPSA) is 87.7 Å². The summed E-state index contributed by atoms with van der Waals surface area (Å²) in [5.74, 6) is -4.16. The Bertz CT molecular complexity index is 940. The van der Waals surface area contributed by atoms with E-state index in [1.54, 1.807) is 4.90 Å². The molecule has 0 aromatic heterocycles. The molecule has 164 valence electrons. The van der Waals surface area contributed by atoms with Gasteiger partial charge in [0.25, 0.3) is 0 Å². The van der Waals surface area contributed by atoms with Crippen LogP contribution in [0.4, 0.5) is 14.5 Å². The predicted molar refractivity (Wildman–Crippen MR) is 109 cm³/mol. The quantitative estimate of drug-likeness (QED) is 0.543. The fraction of sp³-hybridized carbons (Fsp3) is 0.318. The van der Waals surface area contributed by atoms with Crippen molar-refractivity contribution in [2.45, 2.75) is 18.9 Å². The molecule has 0 bridgehead atoms. The second kappa shape index (κ2) is 10.6. The smallest absolute Gasteiger partial charge is 0.313 e. The molecule has 0 spiro atoms. The zero-order valence-corrected chi connectivity index (χ0v) is 16.8. The van der Waals surface area contributed by atoms with E-state index >= 15 is 0 Å². The van der Waals surface area contributed by atoms with Crippen molar-refractivity contribution in [3.8, 4) is 0 Å². The van der Waals surface area contributed by atoms with Gasteiger partial charge < -0.3 is 20.3 Å². The van der Waals surface area contributed by atoms with Gasteiger partial charge in [0.05, 0.1) is 13.2 Å². The van der Waals surface area contributed by atoms with E-state index < -0.39 is 23.4 Å². The zero-order valence-electron chi connectivity index (χ0n) is 16.8. The van der Waals surface area contributed by atoms with E-state index in [-0.39, 0.29) is 30.7 Å². The summed E-state index contributed by atoms with van der Waals surface area (Å²) in [5.41, 5.74) is 0.980. The maximum absolute atomic E-state index is 13.2. The molecule has 9 heteroatoms. The number of rotatable bonds is 6. The number of hydrogen-bond acceptors (Lipinski definition) is 4. The number of carbonyl (C=O) groups is 3.